The molecule has 2 heterocycles. The molecule has 1 aromatic heterocycles. The summed E-state index contributed by atoms with van der Waals surface area (Å²) >= 11 is 0. The van der Waals surface area contributed by atoms with Crippen molar-refractivity contribution >= 4 is 21.7 Å². The molecule has 3 N–H and O–H groups in total. The highest BCUT2D eigenvalue weighted by Crippen LogP contribution is 2.17. The molecule has 1 fully saturated rings. The molecule has 0 bridgehead atoms. The molecule has 7 heteroatoms. The van der Waals surface area contributed by atoms with E-state index in [2.05, 4.69) is 9.71 Å². The zero-order valence-corrected chi connectivity index (χ0v) is 10.5. The maximum absolute atomic E-state index is 11.9. The Bertz CT molecular complexity index is 509. The zero-order chi connectivity index (χ0) is 12.5. The summed E-state index contributed by atoms with van der Waals surface area (Å²) in [4.78, 5) is 3.95. The minimum Gasteiger partial charge on any atom is -0.397 e. The lowest BCUT2D eigenvalue weighted by Crippen LogP contribution is -2.33. The van der Waals surface area contributed by atoms with Gasteiger partial charge in [-0.3, -0.25) is 4.72 Å². The zero-order valence-electron chi connectivity index (χ0n) is 9.68. The van der Waals surface area contributed by atoms with Gasteiger partial charge in [0.2, 0.25) is 0 Å². The lowest BCUT2D eigenvalue weighted by Gasteiger charge is -2.16. The Hall–Kier alpha value is -1.34. The van der Waals surface area contributed by atoms with Gasteiger partial charge < -0.3 is 5.73 Å². The van der Waals surface area contributed by atoms with Crippen molar-refractivity contribution < 1.29 is 8.42 Å². The number of nitrogens with two attached hydrogens (primary N) is 1. The van der Waals surface area contributed by atoms with Crippen molar-refractivity contribution in [2.75, 3.05) is 23.5 Å². The molecule has 2 rings (SSSR count). The standard InChI is InChI=1S/C10H16N4O2S/c1-8-6-10(12-7-9(8)11)13-17(15,16)14-4-2-3-5-14/h6-7H,2-5,11H2,1H3,(H,12,13). The number of nitrogens with zero attached hydrogens (tertiary/aromatic N) is 2. The quantitative estimate of drug-likeness (QED) is 0.834. The first-order valence-corrected chi connectivity index (χ1v) is 6.93. The number of aromatic nitrogens is 1. The molecule has 0 aromatic carbocycles. The number of hydrogen-bond donors (Lipinski definition) is 2. The molecule has 0 saturated carbocycles. The van der Waals surface area contributed by atoms with Gasteiger partial charge in [-0.2, -0.15) is 12.7 Å². The molecule has 0 atom stereocenters. The van der Waals surface area contributed by atoms with Gasteiger partial charge in [-0.25, -0.2) is 4.98 Å². The van der Waals surface area contributed by atoms with E-state index in [0.717, 1.165) is 18.4 Å². The molecule has 1 saturated heterocycles. The maximum atomic E-state index is 11.9. The van der Waals surface area contributed by atoms with Crippen LogP contribution in [0.1, 0.15) is 18.4 Å². The van der Waals surface area contributed by atoms with Crippen LogP contribution in [0.15, 0.2) is 12.3 Å². The topological polar surface area (TPSA) is 88.3 Å². The van der Waals surface area contributed by atoms with E-state index in [1.54, 1.807) is 6.07 Å². The number of anilines is 2. The van der Waals surface area contributed by atoms with Gasteiger partial charge in [-0.1, -0.05) is 0 Å². The summed E-state index contributed by atoms with van der Waals surface area (Å²) in [6, 6.07) is 1.63. The average molecular weight is 256 g/mol. The van der Waals surface area contributed by atoms with Gasteiger partial charge in [0.1, 0.15) is 5.82 Å². The second kappa shape index (κ2) is 4.50. The Morgan fingerprint density at radius 2 is 2.06 bits per heavy atom. The third-order valence-corrected chi connectivity index (χ3v) is 4.30. The highest BCUT2D eigenvalue weighted by molar-refractivity contribution is 7.90. The fourth-order valence-electron chi connectivity index (χ4n) is 1.75. The number of aryl methyl sites for hydroxylation is 1. The minimum atomic E-state index is -3.46. The number of rotatable bonds is 3. The summed E-state index contributed by atoms with van der Waals surface area (Å²) < 4.78 is 27.8. The lowest BCUT2D eigenvalue weighted by molar-refractivity contribution is 0.482. The monoisotopic (exact) mass is 256 g/mol. The molecule has 1 aromatic rings. The summed E-state index contributed by atoms with van der Waals surface area (Å²) in [5, 5.41) is 0. The van der Waals surface area contributed by atoms with E-state index >= 15 is 0 Å². The molecule has 6 nitrogen and oxygen atoms in total. The van der Waals surface area contributed by atoms with Crippen LogP contribution in [0.5, 0.6) is 0 Å². The third kappa shape index (κ3) is 2.67. The van der Waals surface area contributed by atoms with Crippen LogP contribution in [0.4, 0.5) is 11.5 Å². The van der Waals surface area contributed by atoms with Crippen LogP contribution < -0.4 is 10.5 Å². The Morgan fingerprint density at radius 3 is 2.65 bits per heavy atom. The first-order chi connectivity index (χ1) is 7.99. The van der Waals surface area contributed by atoms with Crippen LogP contribution in [-0.4, -0.2) is 30.8 Å². The summed E-state index contributed by atoms with van der Waals surface area (Å²) in [5.74, 6) is 0.309. The Morgan fingerprint density at radius 1 is 1.41 bits per heavy atom. The number of nitrogen functional groups attached to an aromatic ring is 1. The maximum Gasteiger partial charge on any atom is 0.302 e. The van der Waals surface area contributed by atoms with Crippen molar-refractivity contribution in [3.63, 3.8) is 0 Å². The van der Waals surface area contributed by atoms with Crippen LogP contribution in [-0.2, 0) is 10.2 Å². The smallest absolute Gasteiger partial charge is 0.302 e. The van der Waals surface area contributed by atoms with Gasteiger partial charge in [0.25, 0.3) is 0 Å². The SMILES string of the molecule is Cc1cc(NS(=O)(=O)N2CCCC2)ncc1N. The Labute approximate surface area is 101 Å². The largest absolute Gasteiger partial charge is 0.397 e. The Kier molecular flexibility index (Phi) is 3.21. The fraction of sp³-hybridized carbons (Fsp3) is 0.500. The van der Waals surface area contributed by atoms with Crippen LogP contribution >= 0.6 is 0 Å². The molecule has 1 aliphatic rings. The third-order valence-electron chi connectivity index (χ3n) is 2.79. The van der Waals surface area contributed by atoms with E-state index < -0.39 is 10.2 Å². The minimum absolute atomic E-state index is 0.309. The number of hydrogen-bond acceptors (Lipinski definition) is 4. The van der Waals surface area contributed by atoms with Crippen molar-refractivity contribution in [1.29, 1.82) is 0 Å². The van der Waals surface area contributed by atoms with Crippen LogP contribution in [0, 0.1) is 6.92 Å². The summed E-state index contributed by atoms with van der Waals surface area (Å²) in [6.07, 6.45) is 3.28. The van der Waals surface area contributed by atoms with Gasteiger partial charge in [0, 0.05) is 13.1 Å². The van der Waals surface area contributed by atoms with Gasteiger partial charge in [-0.05, 0) is 31.4 Å². The second-order valence-corrected chi connectivity index (χ2v) is 5.81. The van der Waals surface area contributed by atoms with Gasteiger partial charge in [0.05, 0.1) is 11.9 Å². The van der Waals surface area contributed by atoms with E-state index in [0.29, 0.717) is 24.6 Å². The molecule has 94 valence electrons. The number of pyridine rings is 1. The summed E-state index contributed by atoms with van der Waals surface area (Å²) in [7, 11) is -3.46. The van der Waals surface area contributed by atoms with Crippen molar-refractivity contribution in [3.8, 4) is 0 Å². The van der Waals surface area contributed by atoms with Crippen molar-refractivity contribution in [3.05, 3.63) is 17.8 Å². The highest BCUT2D eigenvalue weighted by Gasteiger charge is 2.25. The molecule has 1 aliphatic heterocycles. The first kappa shape index (κ1) is 12.1. The summed E-state index contributed by atoms with van der Waals surface area (Å²) in [5.41, 5.74) is 6.98. The van der Waals surface area contributed by atoms with Gasteiger partial charge in [0.15, 0.2) is 0 Å². The molecular formula is C10H16N4O2S. The molecule has 0 radical (unpaired) electrons. The van der Waals surface area contributed by atoms with Crippen LogP contribution in [0.2, 0.25) is 0 Å². The van der Waals surface area contributed by atoms with Crippen molar-refractivity contribution in [2.24, 2.45) is 0 Å². The van der Waals surface area contributed by atoms with E-state index in [-0.39, 0.29) is 0 Å². The predicted octanol–water partition coefficient (Wildman–Crippen LogP) is 0.725. The average Bonchev–Trinajstić information content (AvgIpc) is 2.77. The van der Waals surface area contributed by atoms with Crippen molar-refractivity contribution in [1.82, 2.24) is 9.29 Å². The molecule has 0 spiro atoms. The van der Waals surface area contributed by atoms with Crippen LogP contribution in [0.25, 0.3) is 0 Å². The van der Waals surface area contributed by atoms with E-state index in [1.807, 2.05) is 6.92 Å². The molecule has 0 amide bonds. The van der Waals surface area contributed by atoms with Gasteiger partial charge >= 0.3 is 10.2 Å². The normalized spacial score (nSPS) is 17.2. The molecule has 0 aliphatic carbocycles. The second-order valence-electron chi connectivity index (χ2n) is 4.14. The van der Waals surface area contributed by atoms with Crippen molar-refractivity contribution in [2.45, 2.75) is 19.8 Å². The van der Waals surface area contributed by atoms with E-state index in [1.165, 1.54) is 10.5 Å². The summed E-state index contributed by atoms with van der Waals surface area (Å²) in [6.45, 7) is 2.96. The van der Waals surface area contributed by atoms with Gasteiger partial charge in [-0.15, -0.1) is 0 Å². The van der Waals surface area contributed by atoms with Crippen LogP contribution in [0.3, 0.4) is 0 Å². The van der Waals surface area contributed by atoms with E-state index in [9.17, 15) is 8.42 Å². The Balaban J connectivity index is 2.17. The fourth-order valence-corrected chi connectivity index (χ4v) is 2.99. The molecule has 17 heavy (non-hydrogen) atoms. The highest BCUT2D eigenvalue weighted by atomic mass is 32.2. The molecule has 0 unspecified atom stereocenters. The first-order valence-electron chi connectivity index (χ1n) is 5.49. The lowest BCUT2D eigenvalue weighted by atomic mass is 10.2. The predicted molar refractivity (Wildman–Crippen MR) is 66.7 cm³/mol. The molecular weight excluding hydrogens is 240 g/mol. The number of nitrogens with one attached hydrogen (secondary N) is 1. The van der Waals surface area contributed by atoms with E-state index in [4.69, 9.17) is 5.73 Å².